The van der Waals surface area contributed by atoms with E-state index < -0.39 is 0 Å². The van der Waals surface area contributed by atoms with Crippen LogP contribution in [-0.4, -0.2) is 32.8 Å². The molecule has 2 amide bonds. The molecule has 0 atom stereocenters. The summed E-state index contributed by atoms with van der Waals surface area (Å²) in [6, 6.07) is 17.3. The van der Waals surface area contributed by atoms with Crippen LogP contribution in [0.2, 0.25) is 0 Å². The van der Waals surface area contributed by atoms with Gasteiger partial charge < -0.3 is 20.1 Å². The Labute approximate surface area is 149 Å². The fourth-order valence-corrected chi connectivity index (χ4v) is 2.36. The maximum atomic E-state index is 11.9. The Morgan fingerprint density at radius 3 is 2.24 bits per heavy atom. The van der Waals surface area contributed by atoms with Crippen molar-refractivity contribution in [1.82, 2.24) is 10.6 Å². The van der Waals surface area contributed by atoms with E-state index in [1.807, 2.05) is 42.5 Å². The van der Waals surface area contributed by atoms with Gasteiger partial charge in [0.2, 0.25) is 0 Å². The molecule has 0 spiro atoms. The highest BCUT2D eigenvalue weighted by Crippen LogP contribution is 2.21. The standard InChI is InChI=1S/C20H26N2O3/c1-20(2,16-7-5-4-6-8-16)15-22-19(23)21-13-14-25-18-11-9-17(24-3)10-12-18/h4-12H,13-15H2,1-3H3,(H2,21,22,23). The molecule has 2 aromatic carbocycles. The molecule has 0 aliphatic carbocycles. The van der Waals surface area contributed by atoms with Crippen molar-refractivity contribution in [1.29, 1.82) is 0 Å². The number of amides is 2. The van der Waals surface area contributed by atoms with Gasteiger partial charge in [-0.2, -0.15) is 0 Å². The predicted molar refractivity (Wildman–Crippen MR) is 99.4 cm³/mol. The van der Waals surface area contributed by atoms with E-state index in [4.69, 9.17) is 9.47 Å². The van der Waals surface area contributed by atoms with E-state index in [2.05, 4.69) is 36.6 Å². The van der Waals surface area contributed by atoms with Crippen molar-refractivity contribution in [3.63, 3.8) is 0 Å². The van der Waals surface area contributed by atoms with E-state index in [9.17, 15) is 4.79 Å². The molecule has 2 rings (SSSR count). The first kappa shape index (κ1) is 18.6. The van der Waals surface area contributed by atoms with Crippen LogP contribution in [-0.2, 0) is 5.41 Å². The fourth-order valence-electron chi connectivity index (χ4n) is 2.36. The van der Waals surface area contributed by atoms with Gasteiger partial charge >= 0.3 is 6.03 Å². The van der Waals surface area contributed by atoms with Gasteiger partial charge in [-0.1, -0.05) is 44.2 Å². The van der Waals surface area contributed by atoms with Crippen LogP contribution >= 0.6 is 0 Å². The zero-order valence-corrected chi connectivity index (χ0v) is 15.0. The maximum absolute atomic E-state index is 11.9. The minimum absolute atomic E-state index is 0.127. The number of hydrogen-bond acceptors (Lipinski definition) is 3. The normalized spacial score (nSPS) is 10.8. The van der Waals surface area contributed by atoms with Gasteiger partial charge in [-0.15, -0.1) is 0 Å². The molecular formula is C20H26N2O3. The second kappa shape index (κ2) is 8.97. The summed E-state index contributed by atoms with van der Waals surface area (Å²) < 4.78 is 10.7. The number of methoxy groups -OCH3 is 1. The number of hydrogen-bond donors (Lipinski definition) is 2. The first-order valence-corrected chi connectivity index (χ1v) is 8.35. The molecular weight excluding hydrogens is 316 g/mol. The predicted octanol–water partition coefficient (Wildman–Crippen LogP) is 3.35. The Balaban J connectivity index is 1.66. The number of carbonyl (C=O) groups is 1. The summed E-state index contributed by atoms with van der Waals surface area (Å²) in [6.45, 7) is 5.61. The fraction of sp³-hybridized carbons (Fsp3) is 0.350. The largest absolute Gasteiger partial charge is 0.497 e. The maximum Gasteiger partial charge on any atom is 0.314 e. The molecule has 0 unspecified atom stereocenters. The molecule has 5 nitrogen and oxygen atoms in total. The Morgan fingerprint density at radius 2 is 1.60 bits per heavy atom. The number of urea groups is 1. The summed E-state index contributed by atoms with van der Waals surface area (Å²) in [7, 11) is 1.62. The third kappa shape index (κ3) is 6.03. The highest BCUT2D eigenvalue weighted by Gasteiger charge is 2.20. The van der Waals surface area contributed by atoms with Crippen LogP contribution in [0.3, 0.4) is 0 Å². The number of rotatable bonds is 8. The van der Waals surface area contributed by atoms with Crippen LogP contribution in [0.25, 0.3) is 0 Å². The molecule has 5 heteroatoms. The van der Waals surface area contributed by atoms with Crippen LogP contribution in [0.15, 0.2) is 54.6 Å². The Kier molecular flexibility index (Phi) is 6.69. The second-order valence-corrected chi connectivity index (χ2v) is 6.38. The van der Waals surface area contributed by atoms with E-state index in [0.29, 0.717) is 19.7 Å². The minimum Gasteiger partial charge on any atom is -0.497 e. The lowest BCUT2D eigenvalue weighted by Crippen LogP contribution is -2.43. The quantitative estimate of drug-likeness (QED) is 0.723. The molecule has 0 bridgehead atoms. The van der Waals surface area contributed by atoms with Crippen LogP contribution < -0.4 is 20.1 Å². The summed E-state index contributed by atoms with van der Waals surface area (Å²) in [6.07, 6.45) is 0. The van der Waals surface area contributed by atoms with E-state index >= 15 is 0 Å². The van der Waals surface area contributed by atoms with Gasteiger partial charge in [-0.05, 0) is 29.8 Å². The summed E-state index contributed by atoms with van der Waals surface area (Å²) in [5, 5.41) is 5.71. The molecule has 0 heterocycles. The van der Waals surface area contributed by atoms with Crippen molar-refractivity contribution in [3.05, 3.63) is 60.2 Å². The number of ether oxygens (including phenoxy) is 2. The van der Waals surface area contributed by atoms with Crippen molar-refractivity contribution < 1.29 is 14.3 Å². The van der Waals surface area contributed by atoms with Crippen LogP contribution in [0, 0.1) is 0 Å². The van der Waals surface area contributed by atoms with Crippen molar-refractivity contribution in [2.24, 2.45) is 0 Å². The summed E-state index contributed by atoms with van der Waals surface area (Å²) in [5.74, 6) is 1.53. The monoisotopic (exact) mass is 342 g/mol. The van der Waals surface area contributed by atoms with Gasteiger partial charge in [-0.25, -0.2) is 4.79 Å². The average Bonchev–Trinajstić information content (AvgIpc) is 2.65. The van der Waals surface area contributed by atoms with Crippen molar-refractivity contribution >= 4 is 6.03 Å². The topological polar surface area (TPSA) is 59.6 Å². The van der Waals surface area contributed by atoms with E-state index in [1.165, 1.54) is 5.56 Å². The van der Waals surface area contributed by atoms with Gasteiger partial charge in [0.05, 0.1) is 13.7 Å². The Hall–Kier alpha value is -2.69. The Bertz CT molecular complexity index is 654. The second-order valence-electron chi connectivity index (χ2n) is 6.38. The van der Waals surface area contributed by atoms with Crippen molar-refractivity contribution in [2.75, 3.05) is 26.8 Å². The highest BCUT2D eigenvalue weighted by molar-refractivity contribution is 5.73. The zero-order valence-electron chi connectivity index (χ0n) is 15.0. The van der Waals surface area contributed by atoms with Crippen LogP contribution in [0.5, 0.6) is 11.5 Å². The van der Waals surface area contributed by atoms with Crippen LogP contribution in [0.1, 0.15) is 19.4 Å². The summed E-state index contributed by atoms with van der Waals surface area (Å²) in [4.78, 5) is 11.9. The molecule has 0 aliphatic heterocycles. The molecule has 0 radical (unpaired) electrons. The lowest BCUT2D eigenvalue weighted by Gasteiger charge is -2.25. The highest BCUT2D eigenvalue weighted by atomic mass is 16.5. The first-order valence-electron chi connectivity index (χ1n) is 8.35. The lowest BCUT2D eigenvalue weighted by atomic mass is 9.85. The molecule has 134 valence electrons. The van der Waals surface area contributed by atoms with Gasteiger partial charge in [0, 0.05) is 12.0 Å². The van der Waals surface area contributed by atoms with Crippen molar-refractivity contribution in [3.8, 4) is 11.5 Å². The first-order chi connectivity index (χ1) is 12.0. The van der Waals surface area contributed by atoms with Crippen molar-refractivity contribution in [2.45, 2.75) is 19.3 Å². The average molecular weight is 342 g/mol. The molecule has 2 aromatic rings. The lowest BCUT2D eigenvalue weighted by molar-refractivity contribution is 0.234. The smallest absolute Gasteiger partial charge is 0.314 e. The third-order valence-electron chi connectivity index (χ3n) is 3.96. The van der Waals surface area contributed by atoms with E-state index in [0.717, 1.165) is 11.5 Å². The van der Waals surface area contributed by atoms with E-state index in [1.54, 1.807) is 7.11 Å². The number of nitrogens with one attached hydrogen (secondary N) is 2. The third-order valence-corrected chi connectivity index (χ3v) is 3.96. The minimum atomic E-state index is -0.192. The molecule has 0 saturated carbocycles. The summed E-state index contributed by atoms with van der Waals surface area (Å²) in [5.41, 5.74) is 1.07. The van der Waals surface area contributed by atoms with E-state index in [-0.39, 0.29) is 11.4 Å². The zero-order chi connectivity index (χ0) is 18.1. The van der Waals surface area contributed by atoms with Gasteiger partial charge in [0.25, 0.3) is 0 Å². The van der Waals surface area contributed by atoms with Crippen LogP contribution in [0.4, 0.5) is 4.79 Å². The van der Waals surface area contributed by atoms with Gasteiger partial charge in [0.15, 0.2) is 0 Å². The van der Waals surface area contributed by atoms with Gasteiger partial charge in [0.1, 0.15) is 18.1 Å². The molecule has 25 heavy (non-hydrogen) atoms. The SMILES string of the molecule is COc1ccc(OCCNC(=O)NCC(C)(C)c2ccccc2)cc1. The number of benzene rings is 2. The molecule has 0 saturated heterocycles. The molecule has 2 N–H and O–H groups in total. The molecule has 0 aliphatic rings. The van der Waals surface area contributed by atoms with Gasteiger partial charge in [-0.3, -0.25) is 0 Å². The number of carbonyl (C=O) groups excluding carboxylic acids is 1. The Morgan fingerprint density at radius 1 is 0.960 bits per heavy atom. The molecule has 0 aromatic heterocycles. The summed E-state index contributed by atoms with van der Waals surface area (Å²) >= 11 is 0. The molecule has 0 fully saturated rings.